The van der Waals surface area contributed by atoms with Crippen LogP contribution in [0.25, 0.3) is 0 Å². The summed E-state index contributed by atoms with van der Waals surface area (Å²) in [5.74, 6) is 4.34. The molecule has 3 rings (SSSR count). The smallest absolute Gasteiger partial charge is 0.216 e. The largest absolute Gasteiger partial charge is 0.481 e. The Kier molecular flexibility index (Phi) is 4.46. The van der Waals surface area contributed by atoms with Crippen molar-refractivity contribution in [1.29, 1.82) is 0 Å². The molecule has 1 N–H and O–H groups in total. The number of hydrogen-bond donors (Lipinski definition) is 1. The number of hydroxylamine groups is 1. The molecule has 2 heterocycles. The van der Waals surface area contributed by atoms with Crippen LogP contribution in [0.15, 0.2) is 54.6 Å². The summed E-state index contributed by atoms with van der Waals surface area (Å²) >= 11 is 0. The average Bonchev–Trinajstić information content (AvgIpc) is 3.04. The summed E-state index contributed by atoms with van der Waals surface area (Å²) in [5, 5.41) is 0. The van der Waals surface area contributed by atoms with E-state index in [1.807, 2.05) is 49.4 Å². The van der Waals surface area contributed by atoms with Gasteiger partial charge < -0.3 is 9.47 Å². The van der Waals surface area contributed by atoms with Crippen molar-refractivity contribution in [3.63, 3.8) is 0 Å². The van der Waals surface area contributed by atoms with Gasteiger partial charge in [-0.05, 0) is 36.8 Å². The minimum absolute atomic E-state index is 0.231. The number of nitrogens with one attached hydrogen (secondary N) is 1. The van der Waals surface area contributed by atoms with Gasteiger partial charge in [-0.1, -0.05) is 18.1 Å². The number of pyridine rings is 1. The summed E-state index contributed by atoms with van der Waals surface area (Å²) in [6, 6.07) is 11.3. The van der Waals surface area contributed by atoms with E-state index in [4.69, 9.17) is 20.7 Å². The topological polar surface area (TPSA) is 52.6 Å². The standard InChI is InChI=1S/C18H16N2O3/c1-3-10-21-15-8-5-14(6-9-15)17-11-18(20-23-17)22-16-7-4-13(2)19-12-16/h1,4-9,11-12,17,20H,10H2,2H3/t17-/m0/s1. The molecule has 1 aliphatic heterocycles. The summed E-state index contributed by atoms with van der Waals surface area (Å²) in [4.78, 5) is 9.69. The Bertz CT molecular complexity index is 730. The second-order valence-corrected chi connectivity index (χ2v) is 4.97. The van der Waals surface area contributed by atoms with Gasteiger partial charge in [-0.15, -0.1) is 6.42 Å². The lowest BCUT2D eigenvalue weighted by Crippen LogP contribution is -2.12. The van der Waals surface area contributed by atoms with E-state index in [0.29, 0.717) is 11.6 Å². The zero-order valence-corrected chi connectivity index (χ0v) is 12.7. The number of terminal acetylenes is 1. The number of ether oxygens (including phenoxy) is 2. The average molecular weight is 308 g/mol. The lowest BCUT2D eigenvalue weighted by atomic mass is 10.1. The highest BCUT2D eigenvalue weighted by Gasteiger charge is 2.20. The van der Waals surface area contributed by atoms with E-state index in [0.717, 1.165) is 17.0 Å². The van der Waals surface area contributed by atoms with Crippen molar-refractivity contribution in [2.24, 2.45) is 0 Å². The van der Waals surface area contributed by atoms with Crippen LogP contribution in [-0.4, -0.2) is 11.6 Å². The molecule has 0 bridgehead atoms. The molecule has 0 unspecified atom stereocenters. The second-order valence-electron chi connectivity index (χ2n) is 4.97. The van der Waals surface area contributed by atoms with Gasteiger partial charge in [0.2, 0.25) is 5.88 Å². The molecule has 5 nitrogen and oxygen atoms in total. The van der Waals surface area contributed by atoms with E-state index in [9.17, 15) is 0 Å². The quantitative estimate of drug-likeness (QED) is 0.861. The fourth-order valence-electron chi connectivity index (χ4n) is 2.07. The molecule has 0 radical (unpaired) electrons. The van der Waals surface area contributed by atoms with Crippen molar-refractivity contribution in [2.45, 2.75) is 13.0 Å². The van der Waals surface area contributed by atoms with Gasteiger partial charge >= 0.3 is 0 Å². The molecular weight excluding hydrogens is 292 g/mol. The molecule has 0 spiro atoms. The number of aryl methyl sites for hydroxylation is 1. The van der Waals surface area contributed by atoms with Crippen molar-refractivity contribution in [3.05, 3.63) is 65.8 Å². The SMILES string of the molecule is C#CCOc1ccc([C@@H]2C=C(Oc3ccc(C)nc3)NO2)cc1. The fourth-order valence-corrected chi connectivity index (χ4v) is 2.07. The first-order chi connectivity index (χ1) is 11.2. The maximum atomic E-state index is 5.67. The number of hydrogen-bond acceptors (Lipinski definition) is 5. The molecule has 116 valence electrons. The van der Waals surface area contributed by atoms with Crippen molar-refractivity contribution in [1.82, 2.24) is 10.5 Å². The molecule has 2 aromatic rings. The lowest BCUT2D eigenvalue weighted by molar-refractivity contribution is 0.0273. The molecule has 1 atom stereocenters. The van der Waals surface area contributed by atoms with E-state index in [-0.39, 0.29) is 12.7 Å². The summed E-state index contributed by atoms with van der Waals surface area (Å²) < 4.78 is 11.0. The Morgan fingerprint density at radius 2 is 2.00 bits per heavy atom. The van der Waals surface area contributed by atoms with Crippen molar-refractivity contribution in [2.75, 3.05) is 6.61 Å². The van der Waals surface area contributed by atoms with Gasteiger partial charge in [0.15, 0.2) is 0 Å². The van der Waals surface area contributed by atoms with Gasteiger partial charge in [0, 0.05) is 11.8 Å². The van der Waals surface area contributed by atoms with Crippen LogP contribution in [0, 0.1) is 19.3 Å². The van der Waals surface area contributed by atoms with Gasteiger partial charge in [0.25, 0.3) is 0 Å². The Hall–Kier alpha value is -2.97. The predicted molar refractivity (Wildman–Crippen MR) is 85.4 cm³/mol. The van der Waals surface area contributed by atoms with Crippen LogP contribution in [0.1, 0.15) is 17.4 Å². The van der Waals surface area contributed by atoms with Crippen LogP contribution in [0.3, 0.4) is 0 Å². The van der Waals surface area contributed by atoms with Crippen LogP contribution >= 0.6 is 0 Å². The monoisotopic (exact) mass is 308 g/mol. The van der Waals surface area contributed by atoms with Gasteiger partial charge in [-0.2, -0.15) is 0 Å². The molecule has 0 amide bonds. The first-order valence-electron chi connectivity index (χ1n) is 7.15. The Morgan fingerprint density at radius 1 is 1.22 bits per heavy atom. The molecule has 0 aliphatic carbocycles. The summed E-state index contributed by atoms with van der Waals surface area (Å²) in [6.07, 6.45) is 8.46. The Labute approximate surface area is 134 Å². The molecular formula is C18H16N2O3. The van der Waals surface area contributed by atoms with Crippen LogP contribution in [0.4, 0.5) is 0 Å². The normalized spacial score (nSPS) is 16.2. The van der Waals surface area contributed by atoms with Crippen LogP contribution in [-0.2, 0) is 4.84 Å². The molecule has 1 aliphatic rings. The molecule has 5 heteroatoms. The van der Waals surface area contributed by atoms with E-state index in [1.165, 1.54) is 0 Å². The second kappa shape index (κ2) is 6.86. The first-order valence-corrected chi connectivity index (χ1v) is 7.15. The van der Waals surface area contributed by atoms with E-state index < -0.39 is 0 Å². The van der Waals surface area contributed by atoms with Gasteiger partial charge in [0.05, 0.1) is 6.20 Å². The Morgan fingerprint density at radius 3 is 2.70 bits per heavy atom. The predicted octanol–water partition coefficient (Wildman–Crippen LogP) is 2.90. The van der Waals surface area contributed by atoms with Crippen LogP contribution in [0.5, 0.6) is 11.5 Å². The fraction of sp³-hybridized carbons (Fsp3) is 0.167. The van der Waals surface area contributed by atoms with Crippen molar-refractivity contribution >= 4 is 0 Å². The van der Waals surface area contributed by atoms with Gasteiger partial charge in [-0.3, -0.25) is 9.82 Å². The first kappa shape index (κ1) is 14.9. The number of aromatic nitrogens is 1. The molecule has 1 aromatic carbocycles. The highest BCUT2D eigenvalue weighted by molar-refractivity contribution is 5.32. The van der Waals surface area contributed by atoms with E-state index in [2.05, 4.69) is 16.4 Å². The number of nitrogens with zero attached hydrogens (tertiary/aromatic N) is 1. The molecule has 1 aromatic heterocycles. The van der Waals surface area contributed by atoms with Crippen LogP contribution < -0.4 is 15.0 Å². The highest BCUT2D eigenvalue weighted by atomic mass is 16.7. The van der Waals surface area contributed by atoms with E-state index in [1.54, 1.807) is 6.20 Å². The minimum Gasteiger partial charge on any atom is -0.481 e. The summed E-state index contributed by atoms with van der Waals surface area (Å²) in [6.45, 7) is 2.18. The zero-order valence-electron chi connectivity index (χ0n) is 12.7. The maximum Gasteiger partial charge on any atom is 0.216 e. The third-order valence-electron chi connectivity index (χ3n) is 3.23. The molecule has 0 saturated carbocycles. The summed E-state index contributed by atoms with van der Waals surface area (Å²) in [7, 11) is 0. The summed E-state index contributed by atoms with van der Waals surface area (Å²) in [5.41, 5.74) is 4.69. The van der Waals surface area contributed by atoms with Gasteiger partial charge in [0.1, 0.15) is 24.2 Å². The lowest BCUT2D eigenvalue weighted by Gasteiger charge is -2.08. The Balaban J connectivity index is 1.64. The minimum atomic E-state index is -0.231. The van der Waals surface area contributed by atoms with Crippen molar-refractivity contribution in [3.8, 4) is 23.8 Å². The van der Waals surface area contributed by atoms with Gasteiger partial charge in [-0.25, -0.2) is 5.48 Å². The van der Waals surface area contributed by atoms with Crippen LogP contribution in [0.2, 0.25) is 0 Å². The molecule has 23 heavy (non-hydrogen) atoms. The zero-order chi connectivity index (χ0) is 16.1. The maximum absolute atomic E-state index is 5.67. The van der Waals surface area contributed by atoms with Crippen molar-refractivity contribution < 1.29 is 14.3 Å². The third kappa shape index (κ3) is 3.82. The third-order valence-corrected chi connectivity index (χ3v) is 3.23. The highest BCUT2D eigenvalue weighted by Crippen LogP contribution is 2.26. The molecule has 0 saturated heterocycles. The number of rotatable bonds is 5. The molecule has 0 fully saturated rings. The van der Waals surface area contributed by atoms with E-state index >= 15 is 0 Å². The number of benzene rings is 1.